The molecule has 0 aliphatic carbocycles. The second-order valence-electron chi connectivity index (χ2n) is 6.13. The minimum Gasteiger partial charge on any atom is -0.478 e. The van der Waals surface area contributed by atoms with Crippen LogP contribution in [0, 0.1) is 0 Å². The van der Waals surface area contributed by atoms with Crippen molar-refractivity contribution in [1.29, 1.82) is 0 Å². The minimum atomic E-state index is -1.02. The van der Waals surface area contributed by atoms with Crippen LogP contribution in [0.2, 0.25) is 0 Å². The average Bonchev–Trinajstić information content (AvgIpc) is 3.27. The highest BCUT2D eigenvalue weighted by Crippen LogP contribution is 2.33. The van der Waals surface area contributed by atoms with Crippen LogP contribution in [-0.4, -0.2) is 37.5 Å². The van der Waals surface area contributed by atoms with E-state index >= 15 is 0 Å². The Balaban J connectivity index is 1.68. The number of hydrogen-bond donors (Lipinski definition) is 2. The van der Waals surface area contributed by atoms with Crippen LogP contribution in [0.15, 0.2) is 36.4 Å². The summed E-state index contributed by atoms with van der Waals surface area (Å²) in [5.74, 6) is 1.07. The number of hydrogen-bond acceptors (Lipinski definition) is 7. The maximum Gasteiger partial charge on any atom is 0.335 e. The molecule has 0 atom stereocenters. The van der Waals surface area contributed by atoms with Crippen molar-refractivity contribution in [2.24, 2.45) is 0 Å². The molecule has 0 radical (unpaired) electrons. The predicted octanol–water partition coefficient (Wildman–Crippen LogP) is 1.88. The number of nitrogens with zero attached hydrogens (tertiary/aromatic N) is 4. The zero-order valence-electron chi connectivity index (χ0n) is 13.9. The highest BCUT2D eigenvalue weighted by molar-refractivity contribution is 5.97. The van der Waals surface area contributed by atoms with Gasteiger partial charge in [-0.2, -0.15) is 9.50 Å². The van der Waals surface area contributed by atoms with Gasteiger partial charge in [-0.05, 0) is 35.9 Å². The van der Waals surface area contributed by atoms with Gasteiger partial charge < -0.3 is 20.3 Å². The van der Waals surface area contributed by atoms with Crippen LogP contribution in [0.3, 0.4) is 0 Å². The van der Waals surface area contributed by atoms with Gasteiger partial charge in [0.15, 0.2) is 17.1 Å². The molecule has 0 saturated carbocycles. The molecule has 9 nitrogen and oxygen atoms in total. The largest absolute Gasteiger partial charge is 0.478 e. The van der Waals surface area contributed by atoms with E-state index in [0.717, 1.165) is 5.56 Å². The van der Waals surface area contributed by atoms with Gasteiger partial charge >= 0.3 is 5.97 Å². The maximum atomic E-state index is 11.3. The molecule has 134 valence electrons. The van der Waals surface area contributed by atoms with Crippen LogP contribution in [-0.2, 0) is 6.42 Å². The number of carbonyl (C=O) groups is 1. The normalized spacial score (nSPS) is 12.7. The van der Waals surface area contributed by atoms with Crippen molar-refractivity contribution in [3.8, 4) is 11.5 Å². The molecule has 0 spiro atoms. The van der Waals surface area contributed by atoms with Crippen molar-refractivity contribution >= 4 is 28.5 Å². The summed E-state index contributed by atoms with van der Waals surface area (Å²) in [7, 11) is 0. The monoisotopic (exact) mass is 363 g/mol. The van der Waals surface area contributed by atoms with Crippen molar-refractivity contribution < 1.29 is 19.4 Å². The third kappa shape index (κ3) is 2.48. The first-order valence-corrected chi connectivity index (χ1v) is 8.15. The lowest BCUT2D eigenvalue weighted by atomic mass is 10.1. The van der Waals surface area contributed by atoms with E-state index in [2.05, 4.69) is 15.1 Å². The quantitative estimate of drug-likeness (QED) is 0.565. The number of carboxylic acids is 1. The molecule has 3 N–H and O–H groups in total. The van der Waals surface area contributed by atoms with E-state index < -0.39 is 5.97 Å². The lowest BCUT2D eigenvalue weighted by Crippen LogP contribution is -2.06. The second-order valence-corrected chi connectivity index (χ2v) is 6.13. The molecule has 4 aromatic rings. The first-order valence-electron chi connectivity index (χ1n) is 8.15. The first kappa shape index (κ1) is 15.4. The van der Waals surface area contributed by atoms with Gasteiger partial charge in [-0.15, -0.1) is 5.10 Å². The minimum absolute atomic E-state index is 0.124. The predicted molar refractivity (Wildman–Crippen MR) is 95.0 cm³/mol. The summed E-state index contributed by atoms with van der Waals surface area (Å²) in [6.07, 6.45) is 0.434. The molecule has 1 aliphatic heterocycles. The number of aromatic carboxylic acids is 1. The number of benzene rings is 2. The summed E-state index contributed by atoms with van der Waals surface area (Å²) in [6.45, 7) is 0.203. The summed E-state index contributed by atoms with van der Waals surface area (Å²) in [4.78, 5) is 20.2. The van der Waals surface area contributed by atoms with Crippen LogP contribution in [0.1, 0.15) is 21.7 Å². The molecule has 0 saturated heterocycles. The molecule has 2 aromatic carbocycles. The zero-order valence-corrected chi connectivity index (χ0v) is 13.9. The lowest BCUT2D eigenvalue weighted by Gasteiger charge is -2.08. The first-order chi connectivity index (χ1) is 13.1. The summed E-state index contributed by atoms with van der Waals surface area (Å²) in [5.41, 5.74) is 7.94. The summed E-state index contributed by atoms with van der Waals surface area (Å²) in [6, 6.07) is 10.3. The molecule has 2 aromatic heterocycles. The standard InChI is InChI=1S/C18H13N5O4/c19-18-21-16-11-3-2-10(17(24)25)7-12(11)20-15(23(16)22-18)6-9-1-4-13-14(5-9)27-8-26-13/h1-5,7H,6,8H2,(H2,19,22)(H,24,25). The van der Waals surface area contributed by atoms with E-state index in [0.29, 0.717) is 40.3 Å². The van der Waals surface area contributed by atoms with E-state index in [9.17, 15) is 9.90 Å². The van der Waals surface area contributed by atoms with Gasteiger partial charge in [-0.25, -0.2) is 9.78 Å². The molecular formula is C18H13N5O4. The fourth-order valence-corrected chi connectivity index (χ4v) is 3.16. The Morgan fingerprint density at radius 1 is 1.15 bits per heavy atom. The number of fused-ring (bicyclic) bond motifs is 4. The molecule has 27 heavy (non-hydrogen) atoms. The van der Waals surface area contributed by atoms with Gasteiger partial charge in [0.1, 0.15) is 5.82 Å². The topological polar surface area (TPSA) is 125 Å². The average molecular weight is 363 g/mol. The Bertz CT molecular complexity index is 1230. The fourth-order valence-electron chi connectivity index (χ4n) is 3.16. The van der Waals surface area contributed by atoms with Crippen molar-refractivity contribution in [3.05, 3.63) is 53.3 Å². The molecule has 0 unspecified atom stereocenters. The highest BCUT2D eigenvalue weighted by Gasteiger charge is 2.17. The zero-order chi connectivity index (χ0) is 18.5. The maximum absolute atomic E-state index is 11.3. The molecule has 0 fully saturated rings. The van der Waals surface area contributed by atoms with E-state index in [4.69, 9.17) is 15.2 Å². The highest BCUT2D eigenvalue weighted by atomic mass is 16.7. The number of aromatic nitrogens is 4. The second kappa shape index (κ2) is 5.56. The van der Waals surface area contributed by atoms with Crippen molar-refractivity contribution in [2.45, 2.75) is 6.42 Å². The number of anilines is 1. The van der Waals surface area contributed by atoms with E-state index in [1.807, 2.05) is 18.2 Å². The molecular weight excluding hydrogens is 350 g/mol. The van der Waals surface area contributed by atoms with Crippen molar-refractivity contribution in [2.75, 3.05) is 12.5 Å². The molecule has 0 bridgehead atoms. The SMILES string of the molecule is Nc1nc2c3ccc(C(=O)O)cc3nc(Cc3ccc4c(c3)OCO4)n2n1. The summed E-state index contributed by atoms with van der Waals surface area (Å²) >= 11 is 0. The Labute approximate surface area is 152 Å². The van der Waals surface area contributed by atoms with Crippen LogP contribution >= 0.6 is 0 Å². The third-order valence-corrected chi connectivity index (χ3v) is 4.40. The van der Waals surface area contributed by atoms with Crippen molar-refractivity contribution in [1.82, 2.24) is 19.6 Å². The van der Waals surface area contributed by atoms with Crippen LogP contribution in [0.5, 0.6) is 11.5 Å². The van der Waals surface area contributed by atoms with E-state index in [1.165, 1.54) is 12.1 Å². The number of nitrogens with two attached hydrogens (primary N) is 1. The Morgan fingerprint density at radius 2 is 2.00 bits per heavy atom. The third-order valence-electron chi connectivity index (χ3n) is 4.40. The van der Waals surface area contributed by atoms with Gasteiger partial charge in [0.2, 0.25) is 12.7 Å². The lowest BCUT2D eigenvalue weighted by molar-refractivity contribution is 0.0697. The smallest absolute Gasteiger partial charge is 0.335 e. The number of nitrogen functional groups attached to an aromatic ring is 1. The summed E-state index contributed by atoms with van der Waals surface area (Å²) in [5, 5.41) is 14.2. The Morgan fingerprint density at radius 3 is 2.85 bits per heavy atom. The molecule has 3 heterocycles. The van der Waals surface area contributed by atoms with Gasteiger partial charge in [0.25, 0.3) is 0 Å². The van der Waals surface area contributed by atoms with Crippen LogP contribution in [0.4, 0.5) is 5.95 Å². The Kier molecular flexibility index (Phi) is 3.17. The van der Waals surface area contributed by atoms with Crippen LogP contribution < -0.4 is 15.2 Å². The fraction of sp³-hybridized carbons (Fsp3) is 0.111. The molecule has 5 rings (SSSR count). The molecule has 9 heteroatoms. The van der Waals surface area contributed by atoms with Gasteiger partial charge in [0, 0.05) is 11.8 Å². The Hall–Kier alpha value is -3.88. The summed E-state index contributed by atoms with van der Waals surface area (Å²) < 4.78 is 12.3. The molecule has 1 aliphatic rings. The van der Waals surface area contributed by atoms with Gasteiger partial charge in [-0.1, -0.05) is 6.07 Å². The van der Waals surface area contributed by atoms with Crippen molar-refractivity contribution in [3.63, 3.8) is 0 Å². The number of rotatable bonds is 3. The van der Waals surface area contributed by atoms with Gasteiger partial charge in [0.05, 0.1) is 11.1 Å². The van der Waals surface area contributed by atoms with Gasteiger partial charge in [-0.3, -0.25) is 0 Å². The van der Waals surface area contributed by atoms with E-state index in [-0.39, 0.29) is 18.3 Å². The number of carboxylic acid groups (broad SMARTS) is 1. The molecule has 0 amide bonds. The van der Waals surface area contributed by atoms with E-state index in [1.54, 1.807) is 10.6 Å². The number of ether oxygens (including phenoxy) is 2. The van der Waals surface area contributed by atoms with Crippen LogP contribution in [0.25, 0.3) is 16.6 Å².